The molecular formula is C19H28IN5S. The highest BCUT2D eigenvalue weighted by Crippen LogP contribution is 2.25. The van der Waals surface area contributed by atoms with E-state index in [2.05, 4.69) is 63.8 Å². The first-order valence-electron chi connectivity index (χ1n) is 8.87. The standard InChI is InChI=1S/C19H27N5S.HI/c1-16-12-22-24(13-16)11-9-21-19(20-2)23-10-8-17(14-23)15-25-18-6-4-3-5-7-18;/h3-7,12-13,17H,8-11,14-15H2,1-2H3,(H,20,21);1H. The number of aliphatic imine (C=N–C) groups is 1. The third-order valence-corrected chi connectivity index (χ3v) is 5.66. The second kappa shape index (κ2) is 10.8. The molecule has 1 aromatic heterocycles. The molecule has 2 heterocycles. The first-order valence-corrected chi connectivity index (χ1v) is 9.85. The topological polar surface area (TPSA) is 45.5 Å². The summed E-state index contributed by atoms with van der Waals surface area (Å²) in [4.78, 5) is 8.19. The summed E-state index contributed by atoms with van der Waals surface area (Å²) in [6.45, 7) is 5.93. The Bertz CT molecular complexity index is 688. The van der Waals surface area contributed by atoms with Crippen LogP contribution in [0.15, 0.2) is 52.6 Å². The summed E-state index contributed by atoms with van der Waals surface area (Å²) in [6, 6.07) is 10.7. The molecule has 3 rings (SSSR count). The van der Waals surface area contributed by atoms with Crippen molar-refractivity contribution in [3.05, 3.63) is 48.3 Å². The van der Waals surface area contributed by atoms with Gasteiger partial charge in [-0.1, -0.05) is 18.2 Å². The molecule has 0 aliphatic carbocycles. The van der Waals surface area contributed by atoms with Crippen molar-refractivity contribution in [2.75, 3.05) is 32.4 Å². The number of rotatable bonds is 6. The minimum atomic E-state index is 0. The molecule has 0 radical (unpaired) electrons. The molecule has 1 aliphatic heterocycles. The van der Waals surface area contributed by atoms with Gasteiger partial charge in [-0.2, -0.15) is 5.10 Å². The van der Waals surface area contributed by atoms with E-state index in [4.69, 9.17) is 0 Å². The van der Waals surface area contributed by atoms with Crippen molar-refractivity contribution in [1.82, 2.24) is 20.0 Å². The van der Waals surface area contributed by atoms with Crippen molar-refractivity contribution in [2.45, 2.75) is 24.8 Å². The van der Waals surface area contributed by atoms with Gasteiger partial charge in [-0.25, -0.2) is 0 Å². The second-order valence-electron chi connectivity index (χ2n) is 6.48. The Morgan fingerprint density at radius 2 is 2.15 bits per heavy atom. The van der Waals surface area contributed by atoms with E-state index in [9.17, 15) is 0 Å². The van der Waals surface area contributed by atoms with Gasteiger partial charge in [0.25, 0.3) is 0 Å². The molecule has 26 heavy (non-hydrogen) atoms. The van der Waals surface area contributed by atoms with Crippen molar-refractivity contribution in [2.24, 2.45) is 10.9 Å². The number of likely N-dealkylation sites (tertiary alicyclic amines) is 1. The molecule has 2 aromatic rings. The Morgan fingerprint density at radius 3 is 2.85 bits per heavy atom. The Kier molecular flexibility index (Phi) is 8.77. The SMILES string of the molecule is CN=C(NCCn1cc(C)cn1)N1CCC(CSc2ccccc2)C1.I. The number of guanidine groups is 1. The van der Waals surface area contributed by atoms with Crippen LogP contribution in [0.3, 0.4) is 0 Å². The lowest BCUT2D eigenvalue weighted by molar-refractivity contribution is 0.468. The minimum absolute atomic E-state index is 0. The summed E-state index contributed by atoms with van der Waals surface area (Å²) < 4.78 is 1.97. The molecule has 0 spiro atoms. The summed E-state index contributed by atoms with van der Waals surface area (Å²) in [5.41, 5.74) is 1.20. The predicted molar refractivity (Wildman–Crippen MR) is 121 cm³/mol. The van der Waals surface area contributed by atoms with Crippen molar-refractivity contribution in [3.8, 4) is 0 Å². The summed E-state index contributed by atoms with van der Waals surface area (Å²) in [7, 11) is 1.87. The van der Waals surface area contributed by atoms with E-state index in [0.717, 1.165) is 38.1 Å². The molecule has 5 nitrogen and oxygen atoms in total. The van der Waals surface area contributed by atoms with E-state index < -0.39 is 0 Å². The van der Waals surface area contributed by atoms with Gasteiger partial charge in [0.05, 0.1) is 12.7 Å². The van der Waals surface area contributed by atoms with Gasteiger partial charge >= 0.3 is 0 Å². The zero-order valence-corrected chi connectivity index (χ0v) is 18.6. The predicted octanol–water partition coefficient (Wildman–Crippen LogP) is 3.50. The second-order valence-corrected chi connectivity index (χ2v) is 7.57. The molecular weight excluding hydrogens is 457 g/mol. The highest BCUT2D eigenvalue weighted by molar-refractivity contribution is 14.0. The number of aromatic nitrogens is 2. The van der Waals surface area contributed by atoms with Crippen LogP contribution in [0.2, 0.25) is 0 Å². The van der Waals surface area contributed by atoms with E-state index in [0.29, 0.717) is 0 Å². The van der Waals surface area contributed by atoms with Gasteiger partial charge in [0, 0.05) is 43.5 Å². The first kappa shape index (κ1) is 21.1. The van der Waals surface area contributed by atoms with Gasteiger partial charge in [0.15, 0.2) is 5.96 Å². The first-order chi connectivity index (χ1) is 12.2. The third-order valence-electron chi connectivity index (χ3n) is 4.41. The Morgan fingerprint density at radius 1 is 1.35 bits per heavy atom. The molecule has 142 valence electrons. The number of nitrogens with zero attached hydrogens (tertiary/aromatic N) is 4. The van der Waals surface area contributed by atoms with Crippen molar-refractivity contribution < 1.29 is 0 Å². The number of halogens is 1. The summed E-state index contributed by atoms with van der Waals surface area (Å²) in [6.07, 6.45) is 5.19. The summed E-state index contributed by atoms with van der Waals surface area (Å²) in [5.74, 6) is 2.90. The molecule has 1 aliphatic rings. The fraction of sp³-hybridized carbons (Fsp3) is 0.474. The zero-order valence-electron chi connectivity index (χ0n) is 15.5. The van der Waals surface area contributed by atoms with Crippen LogP contribution in [0.1, 0.15) is 12.0 Å². The number of aryl methyl sites for hydroxylation is 1. The van der Waals surface area contributed by atoms with Crippen LogP contribution in [0.4, 0.5) is 0 Å². The molecule has 0 amide bonds. The summed E-state index contributed by atoms with van der Waals surface area (Å²) in [5, 5.41) is 7.79. The van der Waals surface area contributed by atoms with Gasteiger partial charge in [-0.05, 0) is 37.0 Å². The maximum Gasteiger partial charge on any atom is 0.193 e. The normalized spacial score (nSPS) is 17.2. The Balaban J connectivity index is 0.00000243. The zero-order chi connectivity index (χ0) is 17.5. The molecule has 0 bridgehead atoms. The average Bonchev–Trinajstić information content (AvgIpc) is 3.27. The number of hydrogen-bond acceptors (Lipinski definition) is 3. The van der Waals surface area contributed by atoms with Gasteiger partial charge in [-0.3, -0.25) is 9.67 Å². The highest BCUT2D eigenvalue weighted by Gasteiger charge is 2.24. The van der Waals surface area contributed by atoms with Crippen LogP contribution in [-0.2, 0) is 6.54 Å². The van der Waals surface area contributed by atoms with Crippen LogP contribution in [0, 0.1) is 12.8 Å². The molecule has 1 N–H and O–H groups in total. The lowest BCUT2D eigenvalue weighted by Crippen LogP contribution is -2.41. The largest absolute Gasteiger partial charge is 0.354 e. The average molecular weight is 485 g/mol. The van der Waals surface area contributed by atoms with E-state index in [1.54, 1.807) is 0 Å². The smallest absolute Gasteiger partial charge is 0.193 e. The quantitative estimate of drug-likeness (QED) is 0.295. The third kappa shape index (κ3) is 6.19. The van der Waals surface area contributed by atoms with Crippen LogP contribution in [0.25, 0.3) is 0 Å². The maximum absolute atomic E-state index is 4.45. The lowest BCUT2D eigenvalue weighted by Gasteiger charge is -2.21. The fourth-order valence-electron chi connectivity index (χ4n) is 3.10. The molecule has 1 aromatic carbocycles. The molecule has 0 saturated carbocycles. The number of hydrogen-bond donors (Lipinski definition) is 1. The maximum atomic E-state index is 4.45. The van der Waals surface area contributed by atoms with E-state index in [1.807, 2.05) is 29.7 Å². The molecule has 1 fully saturated rings. The number of thioether (sulfide) groups is 1. The van der Waals surface area contributed by atoms with Gasteiger partial charge in [-0.15, -0.1) is 35.7 Å². The van der Waals surface area contributed by atoms with Crippen molar-refractivity contribution >= 4 is 41.7 Å². The van der Waals surface area contributed by atoms with E-state index >= 15 is 0 Å². The fourth-order valence-corrected chi connectivity index (χ4v) is 4.15. The van der Waals surface area contributed by atoms with Crippen molar-refractivity contribution in [3.63, 3.8) is 0 Å². The Labute approximate surface area is 177 Å². The minimum Gasteiger partial charge on any atom is -0.354 e. The summed E-state index contributed by atoms with van der Waals surface area (Å²) >= 11 is 1.96. The molecule has 1 atom stereocenters. The van der Waals surface area contributed by atoms with Gasteiger partial charge in [0.2, 0.25) is 0 Å². The van der Waals surface area contributed by atoms with E-state index in [-0.39, 0.29) is 24.0 Å². The lowest BCUT2D eigenvalue weighted by atomic mass is 10.2. The molecule has 7 heteroatoms. The molecule has 1 saturated heterocycles. The number of nitrogens with one attached hydrogen (secondary N) is 1. The van der Waals surface area contributed by atoms with Crippen LogP contribution in [0.5, 0.6) is 0 Å². The van der Waals surface area contributed by atoms with Gasteiger partial charge < -0.3 is 10.2 Å². The Hall–Kier alpha value is -1.22. The van der Waals surface area contributed by atoms with Crippen LogP contribution >= 0.6 is 35.7 Å². The van der Waals surface area contributed by atoms with Crippen LogP contribution in [-0.4, -0.2) is 53.1 Å². The number of benzene rings is 1. The van der Waals surface area contributed by atoms with Crippen molar-refractivity contribution in [1.29, 1.82) is 0 Å². The van der Waals surface area contributed by atoms with E-state index in [1.165, 1.54) is 22.6 Å². The van der Waals surface area contributed by atoms with Crippen LogP contribution < -0.4 is 5.32 Å². The monoisotopic (exact) mass is 485 g/mol. The van der Waals surface area contributed by atoms with Gasteiger partial charge in [0.1, 0.15) is 0 Å². The molecule has 1 unspecified atom stereocenters. The highest BCUT2D eigenvalue weighted by atomic mass is 127.